The summed E-state index contributed by atoms with van der Waals surface area (Å²) in [6.07, 6.45) is 3.32. The molecule has 2 fully saturated rings. The first-order chi connectivity index (χ1) is 16.7. The topological polar surface area (TPSA) is 69.5 Å². The van der Waals surface area contributed by atoms with Crippen molar-refractivity contribution in [2.24, 2.45) is 0 Å². The number of aromatic nitrogens is 3. The van der Waals surface area contributed by atoms with E-state index >= 15 is 0 Å². The van der Waals surface area contributed by atoms with Gasteiger partial charge in [0.1, 0.15) is 16.6 Å². The lowest BCUT2D eigenvalue weighted by atomic mass is 9.93. The highest BCUT2D eigenvalue weighted by Gasteiger charge is 2.26. The second-order valence-corrected chi connectivity index (χ2v) is 10.9. The van der Waals surface area contributed by atoms with E-state index in [1.165, 1.54) is 0 Å². The van der Waals surface area contributed by atoms with Crippen LogP contribution in [-0.4, -0.2) is 56.8 Å². The molecule has 7 nitrogen and oxygen atoms in total. The van der Waals surface area contributed by atoms with Crippen LogP contribution in [0.5, 0.6) is 0 Å². The third kappa shape index (κ3) is 5.68. The fourth-order valence-electron chi connectivity index (χ4n) is 4.83. The van der Waals surface area contributed by atoms with Crippen molar-refractivity contribution in [1.29, 1.82) is 0 Å². The molecule has 1 aromatic carbocycles. The molecule has 2 aliphatic heterocycles. The zero-order valence-electron chi connectivity index (χ0n) is 20.7. The number of rotatable bonds is 6. The molecule has 0 saturated carbocycles. The van der Waals surface area contributed by atoms with Crippen molar-refractivity contribution in [2.45, 2.75) is 70.7 Å². The van der Waals surface area contributed by atoms with Crippen LogP contribution < -0.4 is 0 Å². The van der Waals surface area contributed by atoms with Gasteiger partial charge in [0.25, 0.3) is 0 Å². The van der Waals surface area contributed by atoms with E-state index in [9.17, 15) is 4.79 Å². The first kappa shape index (κ1) is 24.2. The fourth-order valence-corrected chi connectivity index (χ4v) is 5.00. The molecule has 1 atom stereocenters. The second-order valence-electron chi connectivity index (χ2n) is 10.6. The second kappa shape index (κ2) is 9.88. The van der Waals surface area contributed by atoms with Crippen LogP contribution in [0.2, 0.25) is 5.15 Å². The Hall–Kier alpha value is -2.48. The molecular weight excluding hydrogens is 464 g/mol. The number of halogens is 1. The number of piperidine rings is 1. The molecule has 2 aromatic heterocycles. The van der Waals surface area contributed by atoms with Gasteiger partial charge in [-0.25, -0.2) is 14.8 Å². The van der Waals surface area contributed by atoms with Gasteiger partial charge in [0, 0.05) is 18.2 Å². The van der Waals surface area contributed by atoms with Gasteiger partial charge in [-0.2, -0.15) is 0 Å². The molecule has 0 spiro atoms. The van der Waals surface area contributed by atoms with Crippen molar-refractivity contribution in [1.82, 2.24) is 19.4 Å². The van der Waals surface area contributed by atoms with E-state index in [1.54, 1.807) is 6.07 Å². The van der Waals surface area contributed by atoms with E-state index in [1.807, 2.05) is 45.0 Å². The maximum Gasteiger partial charge on any atom is 0.338 e. The van der Waals surface area contributed by atoms with Gasteiger partial charge in [0.2, 0.25) is 0 Å². The van der Waals surface area contributed by atoms with Crippen molar-refractivity contribution in [3.8, 4) is 0 Å². The average molecular weight is 497 g/mol. The molecule has 5 rings (SSSR count). The summed E-state index contributed by atoms with van der Waals surface area (Å²) < 4.78 is 13.6. The van der Waals surface area contributed by atoms with Gasteiger partial charge in [-0.3, -0.25) is 4.90 Å². The number of hydrogen-bond donors (Lipinski definition) is 0. The Bertz CT molecular complexity index is 1210. The predicted molar refractivity (Wildman–Crippen MR) is 136 cm³/mol. The molecule has 0 N–H and O–H groups in total. The van der Waals surface area contributed by atoms with Crippen LogP contribution in [0, 0.1) is 0 Å². The molecule has 2 aliphatic rings. The first-order valence-electron chi connectivity index (χ1n) is 12.4. The number of imidazole rings is 1. The predicted octanol–water partition coefficient (Wildman–Crippen LogP) is 5.21. The summed E-state index contributed by atoms with van der Waals surface area (Å²) in [4.78, 5) is 24.6. The number of likely N-dealkylation sites (tertiary alicyclic amines) is 1. The smallest absolute Gasteiger partial charge is 0.338 e. The van der Waals surface area contributed by atoms with Gasteiger partial charge in [-0.1, -0.05) is 17.7 Å². The summed E-state index contributed by atoms with van der Waals surface area (Å²) in [5.74, 6) is 1.13. The largest absolute Gasteiger partial charge is 0.456 e. The Morgan fingerprint density at radius 2 is 1.91 bits per heavy atom. The van der Waals surface area contributed by atoms with Crippen LogP contribution >= 0.6 is 11.6 Å². The molecule has 8 heteroatoms. The van der Waals surface area contributed by atoms with Gasteiger partial charge in [0.05, 0.1) is 35.8 Å². The number of esters is 1. The summed E-state index contributed by atoms with van der Waals surface area (Å²) in [5.41, 5.74) is 2.94. The van der Waals surface area contributed by atoms with Crippen molar-refractivity contribution < 1.29 is 14.3 Å². The van der Waals surface area contributed by atoms with Gasteiger partial charge in [0.15, 0.2) is 0 Å². The highest BCUT2D eigenvalue weighted by molar-refractivity contribution is 6.29. The molecule has 2 saturated heterocycles. The maximum atomic E-state index is 12.7. The fraction of sp³-hybridized carbons (Fsp3) is 0.519. The molecule has 0 radical (unpaired) electrons. The summed E-state index contributed by atoms with van der Waals surface area (Å²) in [7, 11) is 0. The summed E-state index contributed by atoms with van der Waals surface area (Å²) in [6, 6.07) is 11.5. The standard InChI is InChI=1S/C27H33ClN4O3/c1-27(2,3)35-26(33)19-7-8-22-23(15-19)32(16-20-11-14-34-20)25(30-22)17-31-12-9-18(10-13-31)21-5-4-6-24(28)29-21/h4-8,15,18,20H,9-14,16-17H2,1-3H3/t20-/m0/s1. The quantitative estimate of drug-likeness (QED) is 0.344. The number of carbonyl (C=O) groups excluding carboxylic acids is 1. The van der Waals surface area contributed by atoms with Crippen LogP contribution in [0.25, 0.3) is 11.0 Å². The lowest BCUT2D eigenvalue weighted by Gasteiger charge is -2.32. The van der Waals surface area contributed by atoms with Crippen molar-refractivity contribution in [3.05, 3.63) is 58.6 Å². The number of ether oxygens (including phenoxy) is 2. The van der Waals surface area contributed by atoms with E-state index in [0.717, 1.165) is 74.6 Å². The molecule has 0 bridgehead atoms. The Kier molecular flexibility index (Phi) is 6.84. The average Bonchev–Trinajstić information content (AvgIpc) is 3.11. The monoisotopic (exact) mass is 496 g/mol. The van der Waals surface area contributed by atoms with Crippen molar-refractivity contribution >= 4 is 28.6 Å². The Morgan fingerprint density at radius 1 is 1.14 bits per heavy atom. The molecule has 186 valence electrons. The molecule has 0 unspecified atom stereocenters. The molecular formula is C27H33ClN4O3. The van der Waals surface area contributed by atoms with Gasteiger partial charge in [-0.05, 0) is 83.5 Å². The van der Waals surface area contributed by atoms with Crippen molar-refractivity contribution in [3.63, 3.8) is 0 Å². The van der Waals surface area contributed by atoms with Gasteiger partial charge >= 0.3 is 5.97 Å². The summed E-state index contributed by atoms with van der Waals surface area (Å²) >= 11 is 6.10. The maximum absolute atomic E-state index is 12.7. The normalized spacial score (nSPS) is 19.6. The third-order valence-corrected chi connectivity index (χ3v) is 6.96. The van der Waals surface area contributed by atoms with E-state index in [4.69, 9.17) is 26.1 Å². The Morgan fingerprint density at radius 3 is 2.57 bits per heavy atom. The summed E-state index contributed by atoms with van der Waals surface area (Å²) in [6.45, 7) is 9.91. The van der Waals surface area contributed by atoms with Crippen LogP contribution in [0.1, 0.15) is 67.8 Å². The van der Waals surface area contributed by atoms with E-state index in [2.05, 4.69) is 20.5 Å². The molecule has 4 heterocycles. The molecule has 0 amide bonds. The minimum atomic E-state index is -0.538. The lowest BCUT2D eigenvalue weighted by molar-refractivity contribution is -0.0592. The van der Waals surface area contributed by atoms with Gasteiger partial charge < -0.3 is 14.0 Å². The van der Waals surface area contributed by atoms with Gasteiger partial charge in [-0.15, -0.1) is 0 Å². The van der Waals surface area contributed by atoms with Crippen LogP contribution in [0.4, 0.5) is 0 Å². The van der Waals surface area contributed by atoms with Crippen LogP contribution in [0.3, 0.4) is 0 Å². The minimum Gasteiger partial charge on any atom is -0.456 e. The highest BCUT2D eigenvalue weighted by Crippen LogP contribution is 2.29. The number of hydrogen-bond acceptors (Lipinski definition) is 6. The lowest BCUT2D eigenvalue weighted by Crippen LogP contribution is -2.35. The molecule has 0 aliphatic carbocycles. The SMILES string of the molecule is CC(C)(C)OC(=O)c1ccc2nc(CN3CCC(c4cccc(Cl)n4)CC3)n(C[C@@H]3CCO3)c2c1. The zero-order valence-corrected chi connectivity index (χ0v) is 21.4. The molecule has 35 heavy (non-hydrogen) atoms. The van der Waals surface area contributed by atoms with Crippen LogP contribution in [0.15, 0.2) is 36.4 Å². The van der Waals surface area contributed by atoms with Crippen molar-refractivity contribution in [2.75, 3.05) is 19.7 Å². The van der Waals surface area contributed by atoms with E-state index in [-0.39, 0.29) is 12.1 Å². The molecule has 3 aromatic rings. The highest BCUT2D eigenvalue weighted by atomic mass is 35.5. The third-order valence-electron chi connectivity index (χ3n) is 6.75. The Labute approximate surface area is 211 Å². The number of benzene rings is 1. The number of nitrogens with zero attached hydrogens (tertiary/aromatic N) is 4. The number of carbonyl (C=O) groups is 1. The van der Waals surface area contributed by atoms with E-state index < -0.39 is 5.60 Å². The number of fused-ring (bicyclic) bond motifs is 1. The summed E-state index contributed by atoms with van der Waals surface area (Å²) in [5, 5.41) is 0.558. The first-order valence-corrected chi connectivity index (χ1v) is 12.8. The van der Waals surface area contributed by atoms with Crippen LogP contribution in [-0.2, 0) is 22.6 Å². The number of pyridine rings is 1. The minimum absolute atomic E-state index is 0.191. The Balaban J connectivity index is 1.35. The zero-order chi connectivity index (χ0) is 24.6. The van der Waals surface area contributed by atoms with E-state index in [0.29, 0.717) is 16.6 Å².